The first kappa shape index (κ1) is 6.09. The van der Waals surface area contributed by atoms with Crippen molar-refractivity contribution in [3.63, 3.8) is 0 Å². The molecular weight excluding hydrogens is 98.1 g/mol. The van der Waals surface area contributed by atoms with E-state index >= 15 is 0 Å². The van der Waals surface area contributed by atoms with E-state index in [1.165, 1.54) is 24.0 Å². The van der Waals surface area contributed by atoms with Crippen LogP contribution in [-0.4, -0.2) is 30.7 Å². The van der Waals surface area contributed by atoms with E-state index in [0.717, 1.165) is 6.04 Å². The lowest BCUT2D eigenvalue weighted by Crippen LogP contribution is -2.22. The van der Waals surface area contributed by atoms with Crippen LogP contribution in [0, 0.1) is 0 Å². The summed E-state index contributed by atoms with van der Waals surface area (Å²) >= 11 is 0. The van der Waals surface area contributed by atoms with E-state index in [1.54, 1.807) is 0 Å². The molecule has 0 saturated carbocycles. The lowest BCUT2D eigenvalue weighted by molar-refractivity contribution is -0.790. The van der Waals surface area contributed by atoms with Crippen LogP contribution in [0.2, 0.25) is 0 Å². The summed E-state index contributed by atoms with van der Waals surface area (Å²) in [6.45, 7) is 7.37. The topological polar surface area (TPSA) is 0 Å². The molecule has 48 valence electrons. The van der Waals surface area contributed by atoms with Crippen molar-refractivity contribution in [3.05, 3.63) is 0 Å². The quantitative estimate of drug-likeness (QED) is 0.374. The van der Waals surface area contributed by atoms with Crippen molar-refractivity contribution >= 4 is 0 Å². The highest BCUT2D eigenvalue weighted by Gasteiger charge is 2.45. The van der Waals surface area contributed by atoms with Gasteiger partial charge in [-0.25, -0.2) is 0 Å². The van der Waals surface area contributed by atoms with Gasteiger partial charge in [0.1, 0.15) is 12.6 Å². The molecule has 2 unspecified atom stereocenters. The van der Waals surface area contributed by atoms with E-state index < -0.39 is 0 Å². The number of nitrogens with zero attached hydrogens (tertiary/aromatic N) is 1. The zero-order valence-electron chi connectivity index (χ0n) is 6.15. The molecule has 1 nitrogen and oxygen atoms in total. The first-order valence-corrected chi connectivity index (χ1v) is 3.53. The lowest BCUT2D eigenvalue weighted by Gasteiger charge is -2.10. The summed E-state index contributed by atoms with van der Waals surface area (Å²) in [4.78, 5) is 0. The second kappa shape index (κ2) is 1.73. The van der Waals surface area contributed by atoms with Crippen LogP contribution in [0.15, 0.2) is 0 Å². The first-order chi connectivity index (χ1) is 3.69. The van der Waals surface area contributed by atoms with Crippen LogP contribution in [0.1, 0.15) is 20.3 Å². The summed E-state index contributed by atoms with van der Waals surface area (Å²) in [5.41, 5.74) is 0. The van der Waals surface area contributed by atoms with Crippen molar-refractivity contribution in [3.8, 4) is 0 Å². The Morgan fingerprint density at radius 1 is 1.62 bits per heavy atom. The molecule has 0 aromatic carbocycles. The molecule has 1 rings (SSSR count). The van der Waals surface area contributed by atoms with Crippen LogP contribution in [0.3, 0.4) is 0 Å². The molecule has 1 fully saturated rings. The normalized spacial score (nSPS) is 44.6. The third-order valence-corrected chi connectivity index (χ3v) is 2.35. The van der Waals surface area contributed by atoms with Crippen molar-refractivity contribution in [1.29, 1.82) is 0 Å². The summed E-state index contributed by atoms with van der Waals surface area (Å²) < 4.78 is 1.33. The monoisotopic (exact) mass is 114 g/mol. The van der Waals surface area contributed by atoms with Gasteiger partial charge in [-0.2, -0.15) is 0 Å². The predicted octanol–water partition coefficient (Wildman–Crippen LogP) is 1.25. The van der Waals surface area contributed by atoms with E-state index in [9.17, 15) is 0 Å². The van der Waals surface area contributed by atoms with E-state index in [4.69, 9.17) is 0 Å². The fourth-order valence-corrected chi connectivity index (χ4v) is 1.38. The molecule has 0 aromatic heterocycles. The molecule has 2 atom stereocenters. The van der Waals surface area contributed by atoms with Gasteiger partial charge in [0, 0.05) is 0 Å². The Hall–Kier alpha value is -0.0400. The van der Waals surface area contributed by atoms with Gasteiger partial charge in [0.25, 0.3) is 0 Å². The Balaban J connectivity index is 2.25. The predicted molar refractivity (Wildman–Crippen MR) is 35.7 cm³/mol. The van der Waals surface area contributed by atoms with Gasteiger partial charge < -0.3 is 4.48 Å². The fraction of sp³-hybridized carbons (Fsp3) is 1.00. The standard InChI is InChI=1S/C7H16N/c1-4-5-8(3)6-7(8)2/h7H,4-6H2,1-3H3/q+1. The molecule has 0 bridgehead atoms. The molecule has 0 N–H and O–H groups in total. The van der Waals surface area contributed by atoms with Gasteiger partial charge in [0.05, 0.1) is 13.6 Å². The first-order valence-electron chi connectivity index (χ1n) is 3.53. The second-order valence-corrected chi connectivity index (χ2v) is 3.23. The zero-order valence-corrected chi connectivity index (χ0v) is 6.15. The molecule has 0 aromatic rings. The molecule has 1 saturated heterocycles. The Labute approximate surface area is 51.9 Å². The molecule has 8 heavy (non-hydrogen) atoms. The highest BCUT2D eigenvalue weighted by atomic mass is 15.5. The van der Waals surface area contributed by atoms with Crippen molar-refractivity contribution in [2.24, 2.45) is 0 Å². The maximum atomic E-state index is 2.34. The SMILES string of the molecule is CCC[N+]1(C)CC1C. The molecule has 0 radical (unpaired) electrons. The number of likely N-dealkylation sites (N-methyl/N-ethyl adjacent to an activating group) is 1. The molecule has 1 aliphatic heterocycles. The Bertz CT molecular complexity index is 90.4. The fourth-order valence-electron chi connectivity index (χ4n) is 1.38. The Morgan fingerprint density at radius 3 is 2.25 bits per heavy atom. The smallest absolute Gasteiger partial charge is 0.136 e. The third kappa shape index (κ3) is 0.873. The molecular formula is C7H16N+. The van der Waals surface area contributed by atoms with E-state index in [2.05, 4.69) is 20.9 Å². The summed E-state index contributed by atoms with van der Waals surface area (Å²) in [5, 5.41) is 0. The van der Waals surface area contributed by atoms with Crippen LogP contribution in [-0.2, 0) is 0 Å². The van der Waals surface area contributed by atoms with Gasteiger partial charge in [-0.15, -0.1) is 0 Å². The van der Waals surface area contributed by atoms with Crippen molar-refractivity contribution in [2.75, 3.05) is 20.1 Å². The summed E-state index contributed by atoms with van der Waals surface area (Å²) in [7, 11) is 2.34. The van der Waals surface area contributed by atoms with Gasteiger partial charge in [0.2, 0.25) is 0 Å². The van der Waals surface area contributed by atoms with Gasteiger partial charge in [-0.1, -0.05) is 6.92 Å². The van der Waals surface area contributed by atoms with Crippen LogP contribution >= 0.6 is 0 Å². The molecule has 1 heterocycles. The summed E-state index contributed by atoms with van der Waals surface area (Å²) in [6.07, 6.45) is 1.33. The molecule has 1 aliphatic rings. The maximum absolute atomic E-state index is 2.34. The minimum atomic E-state index is 0.954. The number of rotatable bonds is 2. The van der Waals surface area contributed by atoms with Gasteiger partial charge >= 0.3 is 0 Å². The van der Waals surface area contributed by atoms with Gasteiger partial charge in [0.15, 0.2) is 0 Å². The minimum Gasteiger partial charge on any atom is -0.314 e. The largest absolute Gasteiger partial charge is 0.314 e. The van der Waals surface area contributed by atoms with Crippen molar-refractivity contribution in [1.82, 2.24) is 0 Å². The van der Waals surface area contributed by atoms with E-state index in [-0.39, 0.29) is 0 Å². The average molecular weight is 114 g/mol. The van der Waals surface area contributed by atoms with Crippen LogP contribution in [0.4, 0.5) is 0 Å². The number of hydrogen-bond donors (Lipinski definition) is 0. The Kier molecular flexibility index (Phi) is 1.31. The summed E-state index contributed by atoms with van der Waals surface area (Å²) in [6, 6.07) is 0.954. The Morgan fingerprint density at radius 2 is 2.12 bits per heavy atom. The van der Waals surface area contributed by atoms with Crippen LogP contribution < -0.4 is 0 Å². The van der Waals surface area contributed by atoms with Gasteiger partial charge in [-0.05, 0) is 13.3 Å². The number of quaternary nitrogens is 1. The second-order valence-electron chi connectivity index (χ2n) is 3.23. The minimum absolute atomic E-state index is 0.954. The third-order valence-electron chi connectivity index (χ3n) is 2.35. The van der Waals surface area contributed by atoms with Gasteiger partial charge in [-0.3, -0.25) is 0 Å². The number of hydrogen-bond acceptors (Lipinski definition) is 0. The maximum Gasteiger partial charge on any atom is 0.136 e. The summed E-state index contributed by atoms with van der Waals surface area (Å²) in [5.74, 6) is 0. The molecule has 0 spiro atoms. The molecule has 0 aliphatic carbocycles. The van der Waals surface area contributed by atoms with Crippen LogP contribution in [0.25, 0.3) is 0 Å². The van der Waals surface area contributed by atoms with E-state index in [0.29, 0.717) is 0 Å². The van der Waals surface area contributed by atoms with Crippen molar-refractivity contribution < 1.29 is 4.48 Å². The highest BCUT2D eigenvalue weighted by Crippen LogP contribution is 2.26. The molecule has 1 heteroatoms. The van der Waals surface area contributed by atoms with Crippen molar-refractivity contribution in [2.45, 2.75) is 26.3 Å². The van der Waals surface area contributed by atoms with Crippen LogP contribution in [0.5, 0.6) is 0 Å². The average Bonchev–Trinajstić information content (AvgIpc) is 2.16. The van der Waals surface area contributed by atoms with E-state index in [1.807, 2.05) is 0 Å². The zero-order chi connectivity index (χ0) is 6.20. The lowest BCUT2D eigenvalue weighted by atomic mass is 10.4. The molecule has 0 amide bonds. The highest BCUT2D eigenvalue weighted by molar-refractivity contribution is 4.65.